The van der Waals surface area contributed by atoms with E-state index in [9.17, 15) is 5.11 Å². The third-order valence-electron chi connectivity index (χ3n) is 2.84. The van der Waals surface area contributed by atoms with Gasteiger partial charge in [-0.15, -0.1) is 0 Å². The van der Waals surface area contributed by atoms with Gasteiger partial charge in [0.25, 0.3) is 0 Å². The van der Waals surface area contributed by atoms with Crippen molar-refractivity contribution in [3.8, 4) is 0 Å². The lowest BCUT2D eigenvalue weighted by atomic mass is 9.83. The SMILES string of the molecule is CC(C)(C)CCC(C)(O)C1CC1. The monoisotopic (exact) mass is 170 g/mol. The Labute approximate surface area is 76.2 Å². The summed E-state index contributed by atoms with van der Waals surface area (Å²) in [4.78, 5) is 0. The lowest BCUT2D eigenvalue weighted by molar-refractivity contribution is 0.0177. The van der Waals surface area contributed by atoms with Crippen molar-refractivity contribution in [3.63, 3.8) is 0 Å². The van der Waals surface area contributed by atoms with Crippen molar-refractivity contribution in [1.29, 1.82) is 0 Å². The molecule has 72 valence electrons. The topological polar surface area (TPSA) is 20.2 Å². The molecule has 1 nitrogen and oxygen atoms in total. The molecular weight excluding hydrogens is 148 g/mol. The van der Waals surface area contributed by atoms with E-state index in [4.69, 9.17) is 0 Å². The zero-order valence-electron chi connectivity index (χ0n) is 8.85. The van der Waals surface area contributed by atoms with Crippen LogP contribution in [0.25, 0.3) is 0 Å². The third kappa shape index (κ3) is 3.14. The van der Waals surface area contributed by atoms with Gasteiger partial charge in [0.05, 0.1) is 5.60 Å². The molecule has 0 radical (unpaired) electrons. The zero-order chi connectivity index (χ0) is 9.41. The quantitative estimate of drug-likeness (QED) is 0.690. The maximum Gasteiger partial charge on any atom is 0.0648 e. The van der Waals surface area contributed by atoms with E-state index < -0.39 is 0 Å². The van der Waals surface area contributed by atoms with Crippen LogP contribution >= 0.6 is 0 Å². The molecule has 0 saturated heterocycles. The Hall–Kier alpha value is -0.0400. The summed E-state index contributed by atoms with van der Waals surface area (Å²) >= 11 is 0. The molecule has 1 aliphatic rings. The average molecular weight is 170 g/mol. The highest BCUT2D eigenvalue weighted by Gasteiger charge is 2.39. The van der Waals surface area contributed by atoms with Crippen molar-refractivity contribution in [2.24, 2.45) is 11.3 Å². The minimum Gasteiger partial charge on any atom is -0.390 e. The summed E-state index contributed by atoms with van der Waals surface area (Å²) in [5.41, 5.74) is -0.0217. The maximum atomic E-state index is 10.0. The minimum absolute atomic E-state index is 0.360. The van der Waals surface area contributed by atoms with E-state index in [-0.39, 0.29) is 5.60 Å². The van der Waals surface area contributed by atoms with Gasteiger partial charge < -0.3 is 5.11 Å². The van der Waals surface area contributed by atoms with Gasteiger partial charge in [-0.25, -0.2) is 0 Å². The van der Waals surface area contributed by atoms with Crippen molar-refractivity contribution < 1.29 is 5.11 Å². The second-order valence-electron chi connectivity index (χ2n) is 5.69. The number of rotatable bonds is 3. The minimum atomic E-state index is -0.382. The Balaban J connectivity index is 2.30. The number of aliphatic hydroxyl groups is 1. The molecule has 0 aromatic heterocycles. The van der Waals surface area contributed by atoms with Crippen LogP contribution in [0.5, 0.6) is 0 Å². The highest BCUT2D eigenvalue weighted by Crippen LogP contribution is 2.43. The molecule has 1 atom stereocenters. The van der Waals surface area contributed by atoms with Crippen LogP contribution in [0.4, 0.5) is 0 Å². The van der Waals surface area contributed by atoms with Gasteiger partial charge in [-0.1, -0.05) is 20.8 Å². The van der Waals surface area contributed by atoms with Crippen LogP contribution in [-0.2, 0) is 0 Å². The standard InChI is InChI=1S/C11H22O/c1-10(2,3)7-8-11(4,12)9-5-6-9/h9,12H,5-8H2,1-4H3. The van der Waals surface area contributed by atoms with E-state index >= 15 is 0 Å². The largest absolute Gasteiger partial charge is 0.390 e. The Kier molecular flexibility index (Phi) is 2.53. The van der Waals surface area contributed by atoms with E-state index in [2.05, 4.69) is 20.8 Å². The highest BCUT2D eigenvalue weighted by atomic mass is 16.3. The summed E-state index contributed by atoms with van der Waals surface area (Å²) in [6.07, 6.45) is 4.55. The first kappa shape index (κ1) is 10.0. The van der Waals surface area contributed by atoms with Crippen molar-refractivity contribution in [2.75, 3.05) is 0 Å². The van der Waals surface area contributed by atoms with Gasteiger partial charge in [0.1, 0.15) is 0 Å². The Morgan fingerprint density at radius 3 is 1.92 bits per heavy atom. The molecule has 0 aromatic carbocycles. The summed E-state index contributed by atoms with van der Waals surface area (Å²) < 4.78 is 0. The first-order valence-electron chi connectivity index (χ1n) is 5.04. The second kappa shape index (κ2) is 3.02. The first-order chi connectivity index (χ1) is 5.31. The smallest absolute Gasteiger partial charge is 0.0648 e. The zero-order valence-corrected chi connectivity index (χ0v) is 8.85. The van der Waals surface area contributed by atoms with Crippen molar-refractivity contribution >= 4 is 0 Å². The lowest BCUT2D eigenvalue weighted by Crippen LogP contribution is -2.28. The molecular formula is C11H22O. The second-order valence-corrected chi connectivity index (χ2v) is 5.69. The summed E-state index contributed by atoms with van der Waals surface area (Å²) in [5.74, 6) is 0.597. The van der Waals surface area contributed by atoms with Gasteiger partial charge in [-0.2, -0.15) is 0 Å². The van der Waals surface area contributed by atoms with E-state index in [1.165, 1.54) is 12.8 Å². The van der Waals surface area contributed by atoms with E-state index in [0.717, 1.165) is 12.8 Å². The van der Waals surface area contributed by atoms with Crippen LogP contribution < -0.4 is 0 Å². The molecule has 1 heteroatoms. The third-order valence-corrected chi connectivity index (χ3v) is 2.84. The van der Waals surface area contributed by atoms with Crippen molar-refractivity contribution in [3.05, 3.63) is 0 Å². The summed E-state index contributed by atoms with van der Waals surface area (Å²) in [6.45, 7) is 8.69. The molecule has 1 fully saturated rings. The molecule has 1 N–H and O–H groups in total. The van der Waals surface area contributed by atoms with E-state index in [1.54, 1.807) is 0 Å². The van der Waals surface area contributed by atoms with Gasteiger partial charge >= 0.3 is 0 Å². The van der Waals surface area contributed by atoms with Gasteiger partial charge in [0, 0.05) is 0 Å². The number of hydrogen-bond acceptors (Lipinski definition) is 1. The fourth-order valence-corrected chi connectivity index (χ4v) is 1.54. The molecule has 1 unspecified atom stereocenters. The normalized spacial score (nSPS) is 23.8. The Morgan fingerprint density at radius 2 is 1.58 bits per heavy atom. The summed E-state index contributed by atoms with van der Waals surface area (Å²) in [5, 5.41) is 10.0. The highest BCUT2D eigenvalue weighted by molar-refractivity contribution is 4.91. The predicted molar refractivity (Wildman–Crippen MR) is 52.0 cm³/mol. The van der Waals surface area contributed by atoms with Crippen LogP contribution in [0.15, 0.2) is 0 Å². The fourth-order valence-electron chi connectivity index (χ4n) is 1.54. The van der Waals surface area contributed by atoms with Crippen LogP contribution in [0.2, 0.25) is 0 Å². The maximum absolute atomic E-state index is 10.0. The van der Waals surface area contributed by atoms with E-state index in [1.807, 2.05) is 6.92 Å². The molecule has 0 aliphatic heterocycles. The molecule has 1 rings (SSSR count). The van der Waals surface area contributed by atoms with Crippen molar-refractivity contribution in [1.82, 2.24) is 0 Å². The average Bonchev–Trinajstić information content (AvgIpc) is 2.62. The van der Waals surface area contributed by atoms with E-state index in [0.29, 0.717) is 11.3 Å². The molecule has 0 heterocycles. The van der Waals surface area contributed by atoms with Gasteiger partial charge in [0.15, 0.2) is 0 Å². The molecule has 1 saturated carbocycles. The molecule has 0 bridgehead atoms. The molecule has 0 spiro atoms. The van der Waals surface area contributed by atoms with Gasteiger partial charge in [0.2, 0.25) is 0 Å². The first-order valence-corrected chi connectivity index (χ1v) is 5.04. The van der Waals surface area contributed by atoms with Crippen LogP contribution in [0.3, 0.4) is 0 Å². The van der Waals surface area contributed by atoms with Crippen LogP contribution in [0.1, 0.15) is 53.4 Å². The van der Waals surface area contributed by atoms with Gasteiger partial charge in [-0.05, 0) is 43.9 Å². The summed E-state index contributed by atoms with van der Waals surface area (Å²) in [7, 11) is 0. The molecule has 0 amide bonds. The lowest BCUT2D eigenvalue weighted by Gasteiger charge is -2.27. The predicted octanol–water partition coefficient (Wildman–Crippen LogP) is 2.97. The summed E-state index contributed by atoms with van der Waals surface area (Å²) in [6, 6.07) is 0. The van der Waals surface area contributed by atoms with Crippen molar-refractivity contribution in [2.45, 2.75) is 59.0 Å². The Morgan fingerprint density at radius 1 is 1.08 bits per heavy atom. The fraction of sp³-hybridized carbons (Fsp3) is 1.00. The van der Waals surface area contributed by atoms with Crippen LogP contribution in [-0.4, -0.2) is 10.7 Å². The molecule has 12 heavy (non-hydrogen) atoms. The Bertz CT molecular complexity index is 149. The van der Waals surface area contributed by atoms with Gasteiger partial charge in [-0.3, -0.25) is 0 Å². The molecule has 1 aliphatic carbocycles. The number of hydrogen-bond donors (Lipinski definition) is 1. The molecule has 0 aromatic rings. The van der Waals surface area contributed by atoms with Crippen LogP contribution in [0, 0.1) is 11.3 Å².